The van der Waals surface area contributed by atoms with E-state index in [1.807, 2.05) is 0 Å². The molecule has 0 unspecified atom stereocenters. The molecule has 0 radical (unpaired) electrons. The second kappa shape index (κ2) is 9.87. The molecule has 0 bridgehead atoms. The number of nitrogens with one attached hydrogen (secondary N) is 2. The molecule has 1 aromatic heterocycles. The van der Waals surface area contributed by atoms with Gasteiger partial charge >= 0.3 is 11.9 Å². The lowest BCUT2D eigenvalue weighted by Crippen LogP contribution is -2.26. The number of carbonyl (C=O) groups excluding carboxylic acids is 4. The molecule has 0 saturated heterocycles. The first-order valence-corrected chi connectivity index (χ1v) is 9.60. The molecule has 160 valence electrons. The molecule has 0 spiro atoms. The van der Waals surface area contributed by atoms with E-state index in [1.54, 1.807) is 45.0 Å². The summed E-state index contributed by atoms with van der Waals surface area (Å²) in [7, 11) is 0. The number of rotatable bonds is 8. The molecule has 30 heavy (non-hydrogen) atoms. The van der Waals surface area contributed by atoms with E-state index in [1.165, 1.54) is 13.8 Å². The van der Waals surface area contributed by atoms with Crippen LogP contribution >= 0.6 is 0 Å². The van der Waals surface area contributed by atoms with E-state index in [0.29, 0.717) is 28.1 Å². The molecule has 1 heterocycles. The highest BCUT2D eigenvalue weighted by Gasteiger charge is 2.27. The van der Waals surface area contributed by atoms with Crippen LogP contribution in [0.5, 0.6) is 0 Å². The van der Waals surface area contributed by atoms with Crippen molar-refractivity contribution in [3.63, 3.8) is 0 Å². The van der Waals surface area contributed by atoms with Gasteiger partial charge in [0.25, 0.3) is 0 Å². The third-order valence-corrected chi connectivity index (χ3v) is 4.46. The summed E-state index contributed by atoms with van der Waals surface area (Å²) in [5.41, 5.74) is 2.83. The van der Waals surface area contributed by atoms with Gasteiger partial charge in [-0.2, -0.15) is 0 Å². The van der Waals surface area contributed by atoms with Gasteiger partial charge in [-0.1, -0.05) is 12.1 Å². The van der Waals surface area contributed by atoms with Crippen molar-refractivity contribution in [1.29, 1.82) is 0 Å². The van der Waals surface area contributed by atoms with E-state index in [-0.39, 0.29) is 24.6 Å². The first-order valence-electron chi connectivity index (χ1n) is 9.60. The van der Waals surface area contributed by atoms with E-state index in [0.717, 1.165) is 0 Å². The van der Waals surface area contributed by atoms with Gasteiger partial charge in [-0.3, -0.25) is 14.4 Å². The fraction of sp³-hybridized carbons (Fsp3) is 0.364. The zero-order valence-electron chi connectivity index (χ0n) is 17.8. The van der Waals surface area contributed by atoms with Crippen LogP contribution in [0.4, 0.5) is 5.69 Å². The van der Waals surface area contributed by atoms with Gasteiger partial charge in [0.1, 0.15) is 0 Å². The number of hydrogen-bond donors (Lipinski definition) is 2. The molecule has 2 N–H and O–H groups in total. The lowest BCUT2D eigenvalue weighted by molar-refractivity contribution is -0.145. The molecule has 1 amide bonds. The number of benzene rings is 1. The smallest absolute Gasteiger partial charge is 0.340 e. The molecule has 0 fully saturated rings. The minimum Gasteiger partial charge on any atom is -0.462 e. The fourth-order valence-electron chi connectivity index (χ4n) is 3.08. The maximum absolute atomic E-state index is 12.7. The number of aryl methyl sites for hydroxylation is 1. The molecule has 0 saturated carbocycles. The van der Waals surface area contributed by atoms with Crippen LogP contribution in [0.2, 0.25) is 0 Å². The Hall–Kier alpha value is -3.42. The number of H-pyrrole nitrogens is 1. The van der Waals surface area contributed by atoms with Crippen molar-refractivity contribution in [2.45, 2.75) is 47.1 Å². The first kappa shape index (κ1) is 22.9. The van der Waals surface area contributed by atoms with Crippen molar-refractivity contribution in [1.82, 2.24) is 4.98 Å². The average Bonchev–Trinajstić information content (AvgIpc) is 2.96. The van der Waals surface area contributed by atoms with Gasteiger partial charge in [0.05, 0.1) is 24.3 Å². The van der Waals surface area contributed by atoms with Crippen LogP contribution in [0.1, 0.15) is 58.4 Å². The second-order valence-electron chi connectivity index (χ2n) is 6.90. The lowest BCUT2D eigenvalue weighted by atomic mass is 10.1. The standard InChI is InChI=1S/C22H26N2O6/c1-6-29-22(28)19-12(2)20(23-13(19)3)21(27)14(4)30-18(26)11-16-7-9-17(10-8-16)24-15(5)25/h7-10,14,23H,6,11H2,1-5H3,(H,24,25)/t14-/m0/s1. The van der Waals surface area contributed by atoms with Crippen LogP contribution in [0.3, 0.4) is 0 Å². The Labute approximate surface area is 175 Å². The highest BCUT2D eigenvalue weighted by atomic mass is 16.5. The topological polar surface area (TPSA) is 115 Å². The molecule has 0 aliphatic rings. The molecular weight excluding hydrogens is 388 g/mol. The maximum atomic E-state index is 12.7. The van der Waals surface area contributed by atoms with Crippen LogP contribution in [0, 0.1) is 13.8 Å². The summed E-state index contributed by atoms with van der Waals surface area (Å²) >= 11 is 0. The number of aromatic nitrogens is 1. The summed E-state index contributed by atoms with van der Waals surface area (Å²) in [5.74, 6) is -1.68. The van der Waals surface area contributed by atoms with Gasteiger partial charge in [0.2, 0.25) is 11.7 Å². The van der Waals surface area contributed by atoms with Crippen LogP contribution in [-0.4, -0.2) is 41.3 Å². The summed E-state index contributed by atoms with van der Waals surface area (Å²) in [6.45, 7) is 8.15. The van der Waals surface area contributed by atoms with Crippen molar-refractivity contribution >= 4 is 29.3 Å². The Morgan fingerprint density at radius 3 is 2.30 bits per heavy atom. The van der Waals surface area contributed by atoms with Gasteiger partial charge in [-0.05, 0) is 51.0 Å². The first-order chi connectivity index (χ1) is 14.1. The Balaban J connectivity index is 2.03. The summed E-state index contributed by atoms with van der Waals surface area (Å²) in [6, 6.07) is 6.76. The Morgan fingerprint density at radius 1 is 1.10 bits per heavy atom. The number of amides is 1. The summed E-state index contributed by atoms with van der Waals surface area (Å²) in [5, 5.41) is 2.64. The zero-order chi connectivity index (χ0) is 22.4. The van der Waals surface area contributed by atoms with E-state index in [4.69, 9.17) is 9.47 Å². The monoisotopic (exact) mass is 414 g/mol. The zero-order valence-corrected chi connectivity index (χ0v) is 17.8. The van der Waals surface area contributed by atoms with Crippen molar-refractivity contribution < 1.29 is 28.7 Å². The Bertz CT molecular complexity index is 959. The molecule has 0 aliphatic carbocycles. The minimum absolute atomic E-state index is 0.0191. The maximum Gasteiger partial charge on any atom is 0.340 e. The van der Waals surface area contributed by atoms with Crippen LogP contribution in [0.15, 0.2) is 24.3 Å². The number of carbonyl (C=O) groups is 4. The molecule has 1 atom stereocenters. The molecule has 0 aliphatic heterocycles. The number of esters is 2. The number of ether oxygens (including phenoxy) is 2. The Morgan fingerprint density at radius 2 is 1.73 bits per heavy atom. The number of ketones is 1. The van der Waals surface area contributed by atoms with Crippen LogP contribution < -0.4 is 5.32 Å². The van der Waals surface area contributed by atoms with E-state index in [2.05, 4.69) is 10.3 Å². The summed E-state index contributed by atoms with van der Waals surface area (Å²) in [4.78, 5) is 51.0. The van der Waals surface area contributed by atoms with Gasteiger partial charge in [0.15, 0.2) is 6.10 Å². The molecule has 2 aromatic rings. The van der Waals surface area contributed by atoms with Crippen molar-refractivity contribution in [2.75, 3.05) is 11.9 Å². The third-order valence-electron chi connectivity index (χ3n) is 4.46. The van der Waals surface area contributed by atoms with Crippen molar-refractivity contribution in [3.8, 4) is 0 Å². The highest BCUT2D eigenvalue weighted by Crippen LogP contribution is 2.21. The highest BCUT2D eigenvalue weighted by molar-refractivity contribution is 6.04. The predicted molar refractivity (Wildman–Crippen MR) is 111 cm³/mol. The van der Waals surface area contributed by atoms with E-state index in [9.17, 15) is 19.2 Å². The van der Waals surface area contributed by atoms with E-state index < -0.39 is 23.8 Å². The van der Waals surface area contributed by atoms with Gasteiger partial charge in [-0.25, -0.2) is 4.79 Å². The number of hydrogen-bond acceptors (Lipinski definition) is 6. The second-order valence-corrected chi connectivity index (χ2v) is 6.90. The molecular formula is C22H26N2O6. The van der Waals surface area contributed by atoms with Crippen molar-refractivity contribution in [3.05, 3.63) is 52.3 Å². The number of anilines is 1. The fourth-order valence-corrected chi connectivity index (χ4v) is 3.08. The normalized spacial score (nSPS) is 11.5. The molecule has 2 rings (SSSR count). The van der Waals surface area contributed by atoms with Crippen molar-refractivity contribution in [2.24, 2.45) is 0 Å². The molecule has 8 nitrogen and oxygen atoms in total. The minimum atomic E-state index is -1.03. The van der Waals surface area contributed by atoms with Gasteiger partial charge < -0.3 is 19.8 Å². The van der Waals surface area contributed by atoms with Gasteiger partial charge in [0, 0.05) is 18.3 Å². The Kier molecular flexibility index (Phi) is 7.52. The van der Waals surface area contributed by atoms with E-state index >= 15 is 0 Å². The van der Waals surface area contributed by atoms with Gasteiger partial charge in [-0.15, -0.1) is 0 Å². The molecule has 8 heteroatoms. The van der Waals surface area contributed by atoms with Crippen LogP contribution in [0.25, 0.3) is 0 Å². The average molecular weight is 414 g/mol. The lowest BCUT2D eigenvalue weighted by Gasteiger charge is -2.12. The number of Topliss-reactive ketones (excluding diaryl/α,β-unsaturated/α-hetero) is 1. The quantitative estimate of drug-likeness (QED) is 0.507. The molecule has 1 aromatic carbocycles. The third kappa shape index (κ3) is 5.56. The van der Waals surface area contributed by atoms with Crippen LogP contribution in [-0.2, 0) is 25.5 Å². The SMILES string of the molecule is CCOC(=O)c1c(C)[nH]c(C(=O)[C@H](C)OC(=O)Cc2ccc(NC(C)=O)cc2)c1C. The summed E-state index contributed by atoms with van der Waals surface area (Å²) in [6.07, 6.45) is -1.04. The number of aromatic amines is 1. The largest absolute Gasteiger partial charge is 0.462 e. The predicted octanol–water partition coefficient (Wildman–Crippen LogP) is 3.12. The summed E-state index contributed by atoms with van der Waals surface area (Å²) < 4.78 is 10.3.